The van der Waals surface area contributed by atoms with Crippen molar-refractivity contribution < 1.29 is 9.84 Å². The van der Waals surface area contributed by atoms with Crippen molar-refractivity contribution in [1.82, 2.24) is 0 Å². The maximum absolute atomic E-state index is 10.3. The Bertz CT molecular complexity index is 457. The number of aliphatic hydroxyl groups is 1. The van der Waals surface area contributed by atoms with Crippen LogP contribution in [0, 0.1) is 0 Å². The van der Waals surface area contributed by atoms with E-state index in [1.165, 1.54) is 0 Å². The van der Waals surface area contributed by atoms with Gasteiger partial charge in [0.05, 0.1) is 0 Å². The SMILES string of the molecule is C=C=C1COc2ccc(Cl)cc2C1(C)O. The highest BCUT2D eigenvalue weighted by molar-refractivity contribution is 6.30. The van der Waals surface area contributed by atoms with Crippen LogP contribution in [-0.2, 0) is 5.60 Å². The Labute approximate surface area is 93.4 Å². The lowest BCUT2D eigenvalue weighted by Crippen LogP contribution is -2.32. The molecule has 1 aromatic rings. The van der Waals surface area contributed by atoms with Gasteiger partial charge >= 0.3 is 0 Å². The van der Waals surface area contributed by atoms with E-state index in [1.807, 2.05) is 0 Å². The molecule has 1 aliphatic rings. The molecule has 1 heterocycles. The van der Waals surface area contributed by atoms with Gasteiger partial charge in [0.15, 0.2) is 0 Å². The summed E-state index contributed by atoms with van der Waals surface area (Å²) in [4.78, 5) is 0. The summed E-state index contributed by atoms with van der Waals surface area (Å²) in [6.07, 6.45) is 0. The molecule has 0 fully saturated rings. The fourth-order valence-corrected chi connectivity index (χ4v) is 1.86. The van der Waals surface area contributed by atoms with Crippen LogP contribution in [0.1, 0.15) is 12.5 Å². The van der Waals surface area contributed by atoms with Crippen LogP contribution in [0.5, 0.6) is 5.75 Å². The van der Waals surface area contributed by atoms with Crippen LogP contribution in [0.3, 0.4) is 0 Å². The molecule has 2 nitrogen and oxygen atoms in total. The van der Waals surface area contributed by atoms with E-state index in [0.717, 1.165) is 0 Å². The zero-order valence-corrected chi connectivity index (χ0v) is 9.14. The maximum atomic E-state index is 10.3. The smallest absolute Gasteiger partial charge is 0.126 e. The lowest BCUT2D eigenvalue weighted by atomic mass is 9.86. The van der Waals surface area contributed by atoms with Crippen LogP contribution >= 0.6 is 11.6 Å². The van der Waals surface area contributed by atoms with Gasteiger partial charge < -0.3 is 9.84 Å². The van der Waals surface area contributed by atoms with Crippen molar-refractivity contribution in [3.05, 3.63) is 46.7 Å². The molecule has 0 radical (unpaired) electrons. The average molecular weight is 223 g/mol. The van der Waals surface area contributed by atoms with Gasteiger partial charge in [-0.25, -0.2) is 0 Å². The van der Waals surface area contributed by atoms with E-state index >= 15 is 0 Å². The first-order valence-electron chi connectivity index (χ1n) is 4.60. The van der Waals surface area contributed by atoms with Gasteiger partial charge in [0.2, 0.25) is 0 Å². The van der Waals surface area contributed by atoms with Gasteiger partial charge in [0.25, 0.3) is 0 Å². The van der Waals surface area contributed by atoms with Crippen molar-refractivity contribution in [3.63, 3.8) is 0 Å². The fraction of sp³-hybridized carbons (Fsp3) is 0.250. The topological polar surface area (TPSA) is 29.5 Å². The van der Waals surface area contributed by atoms with E-state index in [4.69, 9.17) is 16.3 Å². The molecule has 3 heteroatoms. The monoisotopic (exact) mass is 222 g/mol. The highest BCUT2D eigenvalue weighted by Crippen LogP contribution is 2.40. The van der Waals surface area contributed by atoms with Crippen molar-refractivity contribution in [3.8, 4) is 5.75 Å². The molecule has 1 aliphatic heterocycles. The van der Waals surface area contributed by atoms with Gasteiger partial charge in [-0.2, -0.15) is 0 Å². The lowest BCUT2D eigenvalue weighted by Gasteiger charge is -2.32. The zero-order valence-electron chi connectivity index (χ0n) is 8.38. The van der Waals surface area contributed by atoms with Crippen molar-refractivity contribution in [2.24, 2.45) is 0 Å². The Morgan fingerprint density at radius 3 is 3.00 bits per heavy atom. The van der Waals surface area contributed by atoms with E-state index in [0.29, 0.717) is 28.5 Å². The number of hydrogen-bond donors (Lipinski definition) is 1. The maximum Gasteiger partial charge on any atom is 0.126 e. The van der Waals surface area contributed by atoms with Gasteiger partial charge in [-0.1, -0.05) is 18.2 Å². The third kappa shape index (κ3) is 1.57. The van der Waals surface area contributed by atoms with Gasteiger partial charge in [0.1, 0.15) is 18.0 Å². The third-order valence-corrected chi connectivity index (χ3v) is 2.87. The summed E-state index contributed by atoms with van der Waals surface area (Å²) in [5.41, 5.74) is 2.89. The molecule has 0 bridgehead atoms. The summed E-state index contributed by atoms with van der Waals surface area (Å²) in [6.45, 7) is 5.54. The summed E-state index contributed by atoms with van der Waals surface area (Å²) < 4.78 is 5.46. The van der Waals surface area contributed by atoms with E-state index in [1.54, 1.807) is 25.1 Å². The van der Waals surface area contributed by atoms with Crippen LogP contribution in [0.25, 0.3) is 0 Å². The minimum absolute atomic E-state index is 0.311. The number of hydrogen-bond acceptors (Lipinski definition) is 2. The molecule has 1 N–H and O–H groups in total. The van der Waals surface area contributed by atoms with Gasteiger partial charge in [-0.15, -0.1) is 5.73 Å². The van der Waals surface area contributed by atoms with E-state index in [9.17, 15) is 5.11 Å². The molecule has 0 amide bonds. The average Bonchev–Trinajstić information content (AvgIpc) is 2.19. The van der Waals surface area contributed by atoms with Crippen molar-refractivity contribution in [2.75, 3.05) is 6.61 Å². The molecule has 1 atom stereocenters. The molecule has 0 saturated heterocycles. The number of fused-ring (bicyclic) bond motifs is 1. The predicted molar refractivity (Wildman–Crippen MR) is 59.2 cm³/mol. The summed E-state index contributed by atoms with van der Waals surface area (Å²) in [6, 6.07) is 5.19. The minimum atomic E-state index is -1.10. The Kier molecular flexibility index (Phi) is 2.35. The summed E-state index contributed by atoms with van der Waals surface area (Å²) >= 11 is 5.88. The minimum Gasteiger partial charge on any atom is -0.488 e. The third-order valence-electron chi connectivity index (χ3n) is 2.64. The van der Waals surface area contributed by atoms with Crippen LogP contribution < -0.4 is 4.74 Å². The highest BCUT2D eigenvalue weighted by atomic mass is 35.5. The Hall–Kier alpha value is -1.21. The number of rotatable bonds is 0. The molecule has 1 aromatic carbocycles. The van der Waals surface area contributed by atoms with Crippen LogP contribution in [0.2, 0.25) is 5.02 Å². The highest BCUT2D eigenvalue weighted by Gasteiger charge is 2.35. The van der Waals surface area contributed by atoms with Crippen LogP contribution in [0.15, 0.2) is 36.1 Å². The first-order valence-corrected chi connectivity index (χ1v) is 4.98. The molecule has 1 unspecified atom stereocenters. The summed E-state index contributed by atoms with van der Waals surface area (Å²) in [7, 11) is 0. The van der Waals surface area contributed by atoms with E-state index < -0.39 is 5.60 Å². The Morgan fingerprint density at radius 2 is 2.33 bits per heavy atom. The normalized spacial score (nSPS) is 24.1. The van der Waals surface area contributed by atoms with E-state index in [2.05, 4.69) is 12.3 Å². The van der Waals surface area contributed by atoms with E-state index in [-0.39, 0.29) is 0 Å². The fourth-order valence-electron chi connectivity index (χ4n) is 1.68. The van der Waals surface area contributed by atoms with Gasteiger partial charge in [-0.3, -0.25) is 0 Å². The molecular weight excluding hydrogens is 212 g/mol. The molecule has 0 aromatic heterocycles. The Morgan fingerprint density at radius 1 is 1.60 bits per heavy atom. The second kappa shape index (κ2) is 3.42. The quantitative estimate of drug-likeness (QED) is 0.684. The summed E-state index contributed by atoms with van der Waals surface area (Å²) in [5.74, 6) is 0.656. The second-order valence-corrected chi connectivity index (χ2v) is 4.09. The van der Waals surface area contributed by atoms with Gasteiger partial charge in [0, 0.05) is 16.2 Å². The predicted octanol–water partition coefficient (Wildman–Crippen LogP) is 2.65. The number of halogens is 1. The van der Waals surface area contributed by atoms with Crippen LogP contribution in [-0.4, -0.2) is 11.7 Å². The molecular formula is C12H11ClO2. The Balaban J connectivity index is 2.65. The molecule has 15 heavy (non-hydrogen) atoms. The molecule has 0 saturated carbocycles. The first-order chi connectivity index (χ1) is 7.05. The zero-order chi connectivity index (χ0) is 11.1. The van der Waals surface area contributed by atoms with Crippen molar-refractivity contribution >= 4 is 11.6 Å². The molecule has 78 valence electrons. The summed E-state index contributed by atoms with van der Waals surface area (Å²) in [5, 5.41) is 10.9. The number of ether oxygens (including phenoxy) is 1. The lowest BCUT2D eigenvalue weighted by molar-refractivity contribution is 0.0687. The van der Waals surface area contributed by atoms with Crippen LogP contribution in [0.4, 0.5) is 0 Å². The molecule has 2 rings (SSSR count). The largest absolute Gasteiger partial charge is 0.488 e. The van der Waals surface area contributed by atoms with Crippen molar-refractivity contribution in [1.29, 1.82) is 0 Å². The molecule has 0 spiro atoms. The van der Waals surface area contributed by atoms with Crippen molar-refractivity contribution in [2.45, 2.75) is 12.5 Å². The first kappa shape index (κ1) is 10.3. The standard InChI is InChI=1S/C12H11ClO2/c1-3-8-7-15-11-5-4-9(13)6-10(11)12(8,2)14/h4-6,14H,1,7H2,2H3. The second-order valence-electron chi connectivity index (χ2n) is 3.66. The van der Waals surface area contributed by atoms with Gasteiger partial charge in [-0.05, 0) is 25.1 Å². The number of benzene rings is 1. The molecule has 0 aliphatic carbocycles.